The highest BCUT2D eigenvalue weighted by Crippen LogP contribution is 2.27. The second-order valence-corrected chi connectivity index (χ2v) is 6.95. The summed E-state index contributed by atoms with van der Waals surface area (Å²) in [5.41, 5.74) is 1.48. The highest BCUT2D eigenvalue weighted by Gasteiger charge is 2.29. The monoisotopic (exact) mass is 286 g/mol. The quantitative estimate of drug-likeness (QED) is 0.891. The summed E-state index contributed by atoms with van der Waals surface area (Å²) in [5, 5.41) is 3.70. The lowest BCUT2D eigenvalue weighted by molar-refractivity contribution is 0.122. The van der Waals surface area contributed by atoms with E-state index in [4.69, 9.17) is 0 Å². The lowest BCUT2D eigenvalue weighted by Gasteiger charge is -2.38. The van der Waals surface area contributed by atoms with Crippen LogP contribution in [0, 0.1) is 5.92 Å². The summed E-state index contributed by atoms with van der Waals surface area (Å²) in [7, 11) is 0. The number of nitrogens with zero attached hydrogens (tertiary/aromatic N) is 1. The third-order valence-corrected chi connectivity index (χ3v) is 5.56. The van der Waals surface area contributed by atoms with Gasteiger partial charge in [-0.1, -0.05) is 30.3 Å². The molecule has 116 valence electrons. The summed E-state index contributed by atoms with van der Waals surface area (Å²) in [4.78, 5) is 2.72. The molecule has 21 heavy (non-hydrogen) atoms. The van der Waals surface area contributed by atoms with E-state index in [0.717, 1.165) is 18.0 Å². The van der Waals surface area contributed by atoms with Gasteiger partial charge in [-0.2, -0.15) is 0 Å². The van der Waals surface area contributed by atoms with Crippen LogP contribution in [0.3, 0.4) is 0 Å². The molecule has 2 unspecified atom stereocenters. The molecule has 0 radical (unpaired) electrons. The SMILES string of the molecule is CC(CCc1ccccc1)N1CCC(C2CCCN2)CC1. The molecule has 2 nitrogen and oxygen atoms in total. The number of hydrogen-bond acceptors (Lipinski definition) is 2. The van der Waals surface area contributed by atoms with E-state index >= 15 is 0 Å². The molecule has 3 rings (SSSR count). The highest BCUT2D eigenvalue weighted by atomic mass is 15.2. The van der Waals surface area contributed by atoms with E-state index in [-0.39, 0.29) is 0 Å². The summed E-state index contributed by atoms with van der Waals surface area (Å²) in [6.07, 6.45) is 8.09. The minimum Gasteiger partial charge on any atom is -0.314 e. The Hall–Kier alpha value is -0.860. The number of piperidine rings is 1. The van der Waals surface area contributed by atoms with Crippen LogP contribution in [-0.4, -0.2) is 36.6 Å². The van der Waals surface area contributed by atoms with E-state index in [9.17, 15) is 0 Å². The number of benzene rings is 1. The molecule has 2 heterocycles. The molecule has 2 heteroatoms. The summed E-state index contributed by atoms with van der Waals surface area (Å²) in [6.45, 7) is 6.27. The van der Waals surface area contributed by atoms with Crippen LogP contribution in [0.4, 0.5) is 0 Å². The zero-order valence-electron chi connectivity index (χ0n) is 13.4. The Morgan fingerprint density at radius 1 is 1.14 bits per heavy atom. The largest absolute Gasteiger partial charge is 0.314 e. The molecule has 1 N–H and O–H groups in total. The molecule has 0 aromatic heterocycles. The molecule has 0 bridgehead atoms. The van der Waals surface area contributed by atoms with Crippen molar-refractivity contribution >= 4 is 0 Å². The number of hydrogen-bond donors (Lipinski definition) is 1. The maximum Gasteiger partial charge on any atom is 0.00967 e. The van der Waals surface area contributed by atoms with Crippen molar-refractivity contribution in [3.8, 4) is 0 Å². The normalized spacial score (nSPS) is 26.0. The Kier molecular flexibility index (Phi) is 5.32. The van der Waals surface area contributed by atoms with Crippen LogP contribution in [0.15, 0.2) is 30.3 Å². The summed E-state index contributed by atoms with van der Waals surface area (Å²) >= 11 is 0. The van der Waals surface area contributed by atoms with Gasteiger partial charge >= 0.3 is 0 Å². The van der Waals surface area contributed by atoms with Gasteiger partial charge in [0.05, 0.1) is 0 Å². The molecule has 2 aliphatic rings. The standard InChI is InChI=1S/C19H30N2/c1-16(9-10-17-6-3-2-4-7-17)21-14-11-18(12-15-21)19-8-5-13-20-19/h2-4,6-7,16,18-20H,5,8-15H2,1H3. The second kappa shape index (κ2) is 7.42. The summed E-state index contributed by atoms with van der Waals surface area (Å²) in [6, 6.07) is 12.5. The number of nitrogens with one attached hydrogen (secondary N) is 1. The molecule has 2 aliphatic heterocycles. The maximum atomic E-state index is 3.70. The number of rotatable bonds is 5. The lowest BCUT2D eigenvalue weighted by atomic mass is 9.88. The van der Waals surface area contributed by atoms with E-state index in [2.05, 4.69) is 47.5 Å². The van der Waals surface area contributed by atoms with Crippen molar-refractivity contribution in [2.45, 2.75) is 57.5 Å². The third kappa shape index (κ3) is 4.08. The smallest absolute Gasteiger partial charge is 0.00967 e. The van der Waals surface area contributed by atoms with Gasteiger partial charge in [-0.3, -0.25) is 0 Å². The Balaban J connectivity index is 1.41. The Morgan fingerprint density at radius 3 is 2.57 bits per heavy atom. The van der Waals surface area contributed by atoms with Crippen molar-refractivity contribution in [3.63, 3.8) is 0 Å². The fourth-order valence-electron chi connectivity index (χ4n) is 4.08. The van der Waals surface area contributed by atoms with Crippen molar-refractivity contribution in [1.29, 1.82) is 0 Å². The Bertz CT molecular complexity index is 403. The van der Waals surface area contributed by atoms with E-state index in [1.54, 1.807) is 0 Å². The molecule has 2 saturated heterocycles. The first-order valence-electron chi connectivity index (χ1n) is 8.84. The number of aryl methyl sites for hydroxylation is 1. The van der Waals surface area contributed by atoms with Crippen LogP contribution >= 0.6 is 0 Å². The predicted octanol–water partition coefficient (Wildman–Crippen LogP) is 3.47. The van der Waals surface area contributed by atoms with Crippen LogP contribution in [0.1, 0.15) is 44.6 Å². The Labute approximate surface area is 129 Å². The van der Waals surface area contributed by atoms with Gasteiger partial charge < -0.3 is 10.2 Å². The second-order valence-electron chi connectivity index (χ2n) is 6.95. The zero-order chi connectivity index (χ0) is 14.5. The average molecular weight is 286 g/mol. The van der Waals surface area contributed by atoms with Gasteiger partial charge in [-0.25, -0.2) is 0 Å². The van der Waals surface area contributed by atoms with Gasteiger partial charge in [0.15, 0.2) is 0 Å². The molecular formula is C19H30N2. The van der Waals surface area contributed by atoms with Crippen molar-refractivity contribution in [2.24, 2.45) is 5.92 Å². The lowest BCUT2D eigenvalue weighted by Crippen LogP contribution is -2.44. The predicted molar refractivity (Wildman–Crippen MR) is 89.5 cm³/mol. The minimum atomic E-state index is 0.725. The maximum absolute atomic E-state index is 3.70. The van der Waals surface area contributed by atoms with Gasteiger partial charge in [0.25, 0.3) is 0 Å². The van der Waals surface area contributed by atoms with Crippen LogP contribution < -0.4 is 5.32 Å². The van der Waals surface area contributed by atoms with Crippen LogP contribution in [0.2, 0.25) is 0 Å². The minimum absolute atomic E-state index is 0.725. The van der Waals surface area contributed by atoms with Gasteiger partial charge in [-0.05, 0) is 76.6 Å². The molecule has 0 saturated carbocycles. The molecule has 1 aromatic carbocycles. The molecule has 2 fully saturated rings. The topological polar surface area (TPSA) is 15.3 Å². The van der Waals surface area contributed by atoms with Gasteiger partial charge in [0.2, 0.25) is 0 Å². The fourth-order valence-corrected chi connectivity index (χ4v) is 4.08. The molecule has 0 amide bonds. The first kappa shape index (κ1) is 15.1. The third-order valence-electron chi connectivity index (χ3n) is 5.56. The van der Waals surface area contributed by atoms with Crippen molar-refractivity contribution in [1.82, 2.24) is 10.2 Å². The molecule has 1 aromatic rings. The van der Waals surface area contributed by atoms with Crippen molar-refractivity contribution in [2.75, 3.05) is 19.6 Å². The van der Waals surface area contributed by atoms with Crippen molar-refractivity contribution in [3.05, 3.63) is 35.9 Å². The summed E-state index contributed by atoms with van der Waals surface area (Å²) in [5.74, 6) is 0.935. The van der Waals surface area contributed by atoms with Crippen molar-refractivity contribution < 1.29 is 0 Å². The van der Waals surface area contributed by atoms with E-state index in [1.165, 1.54) is 63.7 Å². The molecule has 0 spiro atoms. The Morgan fingerprint density at radius 2 is 1.90 bits per heavy atom. The van der Waals surface area contributed by atoms with Gasteiger partial charge in [0, 0.05) is 12.1 Å². The van der Waals surface area contributed by atoms with E-state index in [0.29, 0.717) is 0 Å². The van der Waals surface area contributed by atoms with E-state index < -0.39 is 0 Å². The van der Waals surface area contributed by atoms with Crippen LogP contribution in [0.5, 0.6) is 0 Å². The molecular weight excluding hydrogens is 256 g/mol. The van der Waals surface area contributed by atoms with E-state index in [1.807, 2.05) is 0 Å². The van der Waals surface area contributed by atoms with Gasteiger partial charge in [-0.15, -0.1) is 0 Å². The molecule has 0 aliphatic carbocycles. The average Bonchev–Trinajstić information content (AvgIpc) is 3.08. The zero-order valence-corrected chi connectivity index (χ0v) is 13.4. The molecule has 2 atom stereocenters. The highest BCUT2D eigenvalue weighted by molar-refractivity contribution is 5.14. The fraction of sp³-hybridized carbons (Fsp3) is 0.684. The van der Waals surface area contributed by atoms with Crippen LogP contribution in [0.25, 0.3) is 0 Å². The summed E-state index contributed by atoms with van der Waals surface area (Å²) < 4.78 is 0. The number of likely N-dealkylation sites (tertiary alicyclic amines) is 1. The first-order valence-corrected chi connectivity index (χ1v) is 8.84. The van der Waals surface area contributed by atoms with Crippen LogP contribution in [-0.2, 0) is 6.42 Å². The van der Waals surface area contributed by atoms with Gasteiger partial charge in [0.1, 0.15) is 0 Å². The first-order chi connectivity index (χ1) is 10.3.